The van der Waals surface area contributed by atoms with Crippen molar-refractivity contribution in [2.24, 2.45) is 5.92 Å². The van der Waals surface area contributed by atoms with Gasteiger partial charge in [-0.15, -0.1) is 0 Å². The van der Waals surface area contributed by atoms with Crippen LogP contribution in [0, 0.1) is 5.92 Å². The Kier molecular flexibility index (Phi) is 4.61. The Hall–Kier alpha value is -2.83. The van der Waals surface area contributed by atoms with Crippen LogP contribution in [0.5, 0.6) is 0 Å². The van der Waals surface area contributed by atoms with Gasteiger partial charge < -0.3 is 9.30 Å². The number of hydrogen-bond acceptors (Lipinski definition) is 3. The SMILES string of the molecule is COC(=O)c1cc(-c2ccc(C(F)(F)F)nc2)cc2c1ccn2CC1CCC1. The fourth-order valence-electron chi connectivity index (χ4n) is 3.59. The highest BCUT2D eigenvalue weighted by Crippen LogP contribution is 2.34. The third-order valence-electron chi connectivity index (χ3n) is 5.36. The number of pyridine rings is 1. The van der Waals surface area contributed by atoms with Crippen LogP contribution in [-0.4, -0.2) is 22.6 Å². The van der Waals surface area contributed by atoms with Crippen LogP contribution in [0.15, 0.2) is 42.7 Å². The highest BCUT2D eigenvalue weighted by molar-refractivity contribution is 6.05. The minimum atomic E-state index is -4.49. The molecule has 0 radical (unpaired) electrons. The van der Waals surface area contributed by atoms with E-state index in [1.54, 1.807) is 6.07 Å². The number of ether oxygens (including phenoxy) is 1. The van der Waals surface area contributed by atoms with Crippen molar-refractivity contribution in [3.8, 4) is 11.1 Å². The molecule has 1 aliphatic carbocycles. The number of alkyl halides is 3. The molecule has 2 aromatic heterocycles. The van der Waals surface area contributed by atoms with Crippen LogP contribution in [-0.2, 0) is 17.5 Å². The van der Waals surface area contributed by atoms with Gasteiger partial charge in [-0.05, 0) is 48.6 Å². The fourth-order valence-corrected chi connectivity index (χ4v) is 3.59. The molecule has 146 valence electrons. The number of rotatable bonds is 4. The number of hydrogen-bond donors (Lipinski definition) is 0. The first kappa shape index (κ1) is 18.5. The molecule has 1 fully saturated rings. The molecule has 0 unspecified atom stereocenters. The summed E-state index contributed by atoms with van der Waals surface area (Å²) in [5.74, 6) is 0.140. The zero-order chi connectivity index (χ0) is 19.9. The molecule has 7 heteroatoms. The van der Waals surface area contributed by atoms with Crippen LogP contribution in [0.4, 0.5) is 13.2 Å². The summed E-state index contributed by atoms with van der Waals surface area (Å²) in [6, 6.07) is 7.74. The van der Waals surface area contributed by atoms with E-state index in [1.807, 2.05) is 18.3 Å². The molecular weight excluding hydrogens is 369 g/mol. The molecule has 28 heavy (non-hydrogen) atoms. The van der Waals surface area contributed by atoms with Gasteiger partial charge in [-0.3, -0.25) is 4.98 Å². The largest absolute Gasteiger partial charge is 0.465 e. The lowest BCUT2D eigenvalue weighted by atomic mass is 9.85. The van der Waals surface area contributed by atoms with Crippen molar-refractivity contribution >= 4 is 16.9 Å². The number of aromatic nitrogens is 2. The number of halogens is 3. The molecule has 3 aromatic rings. The molecule has 0 saturated heterocycles. The first-order chi connectivity index (χ1) is 13.4. The average molecular weight is 388 g/mol. The fraction of sp³-hybridized carbons (Fsp3) is 0.333. The summed E-state index contributed by atoms with van der Waals surface area (Å²) < 4.78 is 45.4. The summed E-state index contributed by atoms with van der Waals surface area (Å²) in [6.07, 6.45) is 2.25. The van der Waals surface area contributed by atoms with Crippen molar-refractivity contribution in [1.82, 2.24) is 9.55 Å². The van der Waals surface area contributed by atoms with Gasteiger partial charge >= 0.3 is 12.1 Å². The molecule has 0 N–H and O–H groups in total. The Morgan fingerprint density at radius 3 is 2.57 bits per heavy atom. The smallest absolute Gasteiger partial charge is 0.433 e. The van der Waals surface area contributed by atoms with E-state index in [4.69, 9.17) is 4.74 Å². The second-order valence-corrected chi connectivity index (χ2v) is 7.14. The molecule has 0 spiro atoms. The zero-order valence-electron chi connectivity index (χ0n) is 15.3. The minimum Gasteiger partial charge on any atom is -0.465 e. The summed E-state index contributed by atoms with van der Waals surface area (Å²) in [5, 5.41) is 0.773. The monoisotopic (exact) mass is 388 g/mol. The van der Waals surface area contributed by atoms with Crippen molar-refractivity contribution in [2.75, 3.05) is 7.11 Å². The van der Waals surface area contributed by atoms with Gasteiger partial charge in [0, 0.05) is 35.4 Å². The van der Waals surface area contributed by atoms with Crippen LogP contribution in [0.25, 0.3) is 22.0 Å². The van der Waals surface area contributed by atoms with Crippen molar-refractivity contribution in [3.63, 3.8) is 0 Å². The van der Waals surface area contributed by atoms with Crippen LogP contribution >= 0.6 is 0 Å². The van der Waals surface area contributed by atoms with E-state index in [0.717, 1.165) is 23.5 Å². The maximum absolute atomic E-state index is 12.8. The average Bonchev–Trinajstić information content (AvgIpc) is 3.05. The second-order valence-electron chi connectivity index (χ2n) is 7.14. The van der Waals surface area contributed by atoms with Crippen molar-refractivity contribution in [1.29, 1.82) is 0 Å². The quantitative estimate of drug-likeness (QED) is 0.569. The van der Waals surface area contributed by atoms with Gasteiger partial charge in [-0.2, -0.15) is 13.2 Å². The molecule has 0 amide bonds. The van der Waals surface area contributed by atoms with E-state index >= 15 is 0 Å². The summed E-state index contributed by atoms with van der Waals surface area (Å²) >= 11 is 0. The van der Waals surface area contributed by atoms with Crippen molar-refractivity contribution in [3.05, 3.63) is 54.0 Å². The Morgan fingerprint density at radius 2 is 2.00 bits per heavy atom. The predicted molar refractivity (Wildman–Crippen MR) is 98.9 cm³/mol. The molecule has 4 nitrogen and oxygen atoms in total. The highest BCUT2D eigenvalue weighted by atomic mass is 19.4. The van der Waals surface area contributed by atoms with Gasteiger partial charge in [0.1, 0.15) is 5.69 Å². The lowest BCUT2D eigenvalue weighted by molar-refractivity contribution is -0.141. The first-order valence-electron chi connectivity index (χ1n) is 9.11. The van der Waals surface area contributed by atoms with Gasteiger partial charge in [0.2, 0.25) is 0 Å². The highest BCUT2D eigenvalue weighted by Gasteiger charge is 2.32. The van der Waals surface area contributed by atoms with Crippen molar-refractivity contribution < 1.29 is 22.7 Å². The molecule has 0 bridgehead atoms. The number of carbonyl (C=O) groups is 1. The number of benzene rings is 1. The van der Waals surface area contributed by atoms with Crippen LogP contribution in [0.1, 0.15) is 35.3 Å². The van der Waals surface area contributed by atoms with E-state index in [-0.39, 0.29) is 0 Å². The summed E-state index contributed by atoms with van der Waals surface area (Å²) in [5.41, 5.74) is 1.45. The van der Waals surface area contributed by atoms with E-state index in [9.17, 15) is 18.0 Å². The number of carbonyl (C=O) groups excluding carboxylic acids is 1. The normalized spacial score (nSPS) is 14.9. The Balaban J connectivity index is 1.81. The number of fused-ring (bicyclic) bond motifs is 1. The van der Waals surface area contributed by atoms with Gasteiger partial charge in [-0.1, -0.05) is 12.5 Å². The Morgan fingerprint density at radius 1 is 1.21 bits per heavy atom. The number of methoxy groups -OCH3 is 1. The van der Waals surface area contributed by atoms with Crippen LogP contribution < -0.4 is 0 Å². The second kappa shape index (κ2) is 6.96. The lowest BCUT2D eigenvalue weighted by Crippen LogP contribution is -2.17. The first-order valence-corrected chi connectivity index (χ1v) is 9.11. The number of nitrogens with zero attached hydrogens (tertiary/aromatic N) is 2. The third-order valence-corrected chi connectivity index (χ3v) is 5.36. The molecule has 0 aliphatic heterocycles. The molecular formula is C21H19F3N2O2. The third kappa shape index (κ3) is 3.37. The van der Waals surface area contributed by atoms with Crippen LogP contribution in [0.3, 0.4) is 0 Å². The van der Waals surface area contributed by atoms with Gasteiger partial charge in [0.25, 0.3) is 0 Å². The molecule has 1 aliphatic rings. The molecule has 1 aromatic carbocycles. The van der Waals surface area contributed by atoms with E-state index in [2.05, 4.69) is 9.55 Å². The van der Waals surface area contributed by atoms with Gasteiger partial charge in [-0.25, -0.2) is 4.79 Å². The minimum absolute atomic E-state index is 0.391. The summed E-state index contributed by atoms with van der Waals surface area (Å²) in [4.78, 5) is 15.8. The van der Waals surface area contributed by atoms with E-state index < -0.39 is 17.8 Å². The molecule has 2 heterocycles. The lowest BCUT2D eigenvalue weighted by Gasteiger charge is -2.26. The molecule has 0 atom stereocenters. The van der Waals surface area contributed by atoms with Crippen LogP contribution in [0.2, 0.25) is 0 Å². The van der Waals surface area contributed by atoms with Gasteiger partial charge in [0.15, 0.2) is 0 Å². The van der Waals surface area contributed by atoms with Crippen molar-refractivity contribution in [2.45, 2.75) is 32.0 Å². The van der Waals surface area contributed by atoms with Gasteiger partial charge in [0.05, 0.1) is 12.7 Å². The topological polar surface area (TPSA) is 44.1 Å². The maximum Gasteiger partial charge on any atom is 0.433 e. The van der Waals surface area contributed by atoms with E-state index in [0.29, 0.717) is 22.6 Å². The predicted octanol–water partition coefficient (Wildman–Crippen LogP) is 5.31. The Labute approximate surface area is 159 Å². The molecule has 1 saturated carbocycles. The van der Waals surface area contributed by atoms with E-state index in [1.165, 1.54) is 38.6 Å². The summed E-state index contributed by atoms with van der Waals surface area (Å²) in [6.45, 7) is 0.860. The molecule has 4 rings (SSSR count). The maximum atomic E-state index is 12.8. The zero-order valence-corrected chi connectivity index (χ0v) is 15.3. The number of esters is 1. The standard InChI is InChI=1S/C21H19F3N2O2/c1-28-20(27)17-9-15(14-5-6-19(25-11-14)21(22,23)24)10-18-16(17)7-8-26(18)12-13-3-2-4-13/h5-11,13H,2-4,12H2,1H3. The summed E-state index contributed by atoms with van der Waals surface area (Å²) in [7, 11) is 1.31. The Bertz CT molecular complexity index is 1020.